The highest BCUT2D eigenvalue weighted by Gasteiger charge is 2.22. The van der Waals surface area contributed by atoms with Gasteiger partial charge in [-0.3, -0.25) is 9.97 Å². The highest BCUT2D eigenvalue weighted by molar-refractivity contribution is 6.24. The lowest BCUT2D eigenvalue weighted by Gasteiger charge is -2.09. The van der Waals surface area contributed by atoms with E-state index < -0.39 is 0 Å². The van der Waals surface area contributed by atoms with Gasteiger partial charge in [0.2, 0.25) is 0 Å². The Balaban J connectivity index is 1.01. The Morgan fingerprint density at radius 1 is 0.316 bits per heavy atom. The predicted molar refractivity (Wildman–Crippen MR) is 236 cm³/mol. The maximum absolute atomic E-state index is 5.22. The molecular formula is C52H31N5. The minimum absolute atomic E-state index is 0.963. The molecule has 5 nitrogen and oxygen atoms in total. The van der Waals surface area contributed by atoms with Crippen molar-refractivity contribution in [1.29, 1.82) is 0 Å². The molecule has 0 unspecified atom stereocenters. The number of fused-ring (bicyclic) bond motifs is 12. The van der Waals surface area contributed by atoms with Crippen molar-refractivity contribution in [3.8, 4) is 33.9 Å². The molecule has 0 saturated carbocycles. The summed E-state index contributed by atoms with van der Waals surface area (Å²) in [6.07, 6.45) is 4.12. The maximum Gasteiger partial charge on any atom is 0.0726 e. The Morgan fingerprint density at radius 2 is 0.719 bits per heavy atom. The van der Waals surface area contributed by atoms with Crippen LogP contribution < -0.4 is 0 Å². The molecule has 0 atom stereocenters. The van der Waals surface area contributed by atoms with E-state index in [9.17, 15) is 0 Å². The standard InChI is InChI=1S/C52H31N5/c1-3-14-32(15-4-1)55-44-24-9-7-18-38(44)50-36(22-12-26-46(50)55)42-28-40-34-20-11-21-35-41-29-43(54-31-49(41)57(52(34)35)48(40)30-53-42)37-23-13-27-47-51(37)39-19-8-10-25-45(39)56(47)33-16-5-2-6-17-33/h1-31H. The Morgan fingerprint density at radius 3 is 1.21 bits per heavy atom. The number of pyridine rings is 2. The van der Waals surface area contributed by atoms with Gasteiger partial charge in [-0.15, -0.1) is 0 Å². The van der Waals surface area contributed by atoms with Gasteiger partial charge in [0.1, 0.15) is 0 Å². The normalized spacial score (nSPS) is 12.2. The molecule has 13 rings (SSSR count). The Bertz CT molecular complexity index is 3500. The van der Waals surface area contributed by atoms with Crippen LogP contribution in [0.4, 0.5) is 0 Å². The summed E-state index contributed by atoms with van der Waals surface area (Å²) >= 11 is 0. The molecule has 0 aliphatic rings. The van der Waals surface area contributed by atoms with Gasteiger partial charge >= 0.3 is 0 Å². The molecule has 264 valence electrons. The lowest BCUT2D eigenvalue weighted by atomic mass is 10.0. The second kappa shape index (κ2) is 11.4. The molecule has 7 aromatic carbocycles. The molecule has 6 aromatic heterocycles. The molecule has 0 bridgehead atoms. The van der Waals surface area contributed by atoms with Gasteiger partial charge < -0.3 is 13.5 Å². The van der Waals surface area contributed by atoms with Crippen LogP contribution in [0.5, 0.6) is 0 Å². The van der Waals surface area contributed by atoms with Crippen LogP contribution in [-0.4, -0.2) is 23.5 Å². The van der Waals surface area contributed by atoms with Gasteiger partial charge in [0.05, 0.1) is 62.4 Å². The lowest BCUT2D eigenvalue weighted by molar-refractivity contribution is 1.18. The van der Waals surface area contributed by atoms with E-state index in [1.54, 1.807) is 0 Å². The fourth-order valence-electron chi connectivity index (χ4n) is 9.74. The average molecular weight is 726 g/mol. The van der Waals surface area contributed by atoms with Crippen molar-refractivity contribution in [3.63, 3.8) is 0 Å². The molecule has 0 aliphatic heterocycles. The molecule has 0 aliphatic carbocycles. The van der Waals surface area contributed by atoms with Gasteiger partial charge in [-0.25, -0.2) is 0 Å². The zero-order valence-corrected chi connectivity index (χ0v) is 30.6. The van der Waals surface area contributed by atoms with Crippen molar-refractivity contribution in [2.24, 2.45) is 0 Å². The van der Waals surface area contributed by atoms with E-state index in [4.69, 9.17) is 9.97 Å². The van der Waals surface area contributed by atoms with E-state index in [1.807, 2.05) is 0 Å². The number of rotatable bonds is 4. The van der Waals surface area contributed by atoms with Gasteiger partial charge in [-0.05, 0) is 60.7 Å². The van der Waals surface area contributed by atoms with Crippen molar-refractivity contribution in [2.45, 2.75) is 0 Å². The Kier molecular flexibility index (Phi) is 6.10. The zero-order valence-electron chi connectivity index (χ0n) is 30.6. The van der Waals surface area contributed by atoms with E-state index in [0.29, 0.717) is 0 Å². The number of nitrogens with zero attached hydrogens (tertiary/aromatic N) is 5. The molecule has 0 amide bonds. The van der Waals surface area contributed by atoms with Crippen LogP contribution in [0.2, 0.25) is 0 Å². The molecular weight excluding hydrogens is 695 g/mol. The first kappa shape index (κ1) is 30.6. The van der Waals surface area contributed by atoms with Crippen LogP contribution in [0.25, 0.3) is 116 Å². The van der Waals surface area contributed by atoms with E-state index >= 15 is 0 Å². The molecule has 57 heavy (non-hydrogen) atoms. The first-order valence-electron chi connectivity index (χ1n) is 19.4. The van der Waals surface area contributed by atoms with Gasteiger partial charge in [0.15, 0.2) is 0 Å². The summed E-state index contributed by atoms with van der Waals surface area (Å²) in [5.74, 6) is 0. The third kappa shape index (κ3) is 4.12. The molecule has 0 fully saturated rings. The summed E-state index contributed by atoms with van der Waals surface area (Å²) in [5, 5.41) is 9.68. The summed E-state index contributed by atoms with van der Waals surface area (Å²) in [5.41, 5.74) is 14.6. The first-order chi connectivity index (χ1) is 28.3. The van der Waals surface area contributed by atoms with E-state index in [1.165, 1.54) is 70.7 Å². The quantitative estimate of drug-likeness (QED) is 0.181. The third-order valence-electron chi connectivity index (χ3n) is 12.1. The van der Waals surface area contributed by atoms with Crippen LogP contribution >= 0.6 is 0 Å². The summed E-state index contributed by atoms with van der Waals surface area (Å²) in [6.45, 7) is 0. The van der Waals surface area contributed by atoms with E-state index in [0.717, 1.165) is 44.9 Å². The van der Waals surface area contributed by atoms with Crippen molar-refractivity contribution in [3.05, 3.63) is 188 Å². The van der Waals surface area contributed by atoms with E-state index in [2.05, 4.69) is 202 Å². The number of para-hydroxylation sites is 5. The smallest absolute Gasteiger partial charge is 0.0726 e. The summed E-state index contributed by atoms with van der Waals surface area (Å²) in [6, 6.07) is 63.1. The number of hydrogen-bond acceptors (Lipinski definition) is 2. The first-order valence-corrected chi connectivity index (χ1v) is 19.4. The summed E-state index contributed by atoms with van der Waals surface area (Å²) in [7, 11) is 0. The minimum atomic E-state index is 0.963. The molecule has 5 heteroatoms. The average Bonchev–Trinajstić information content (AvgIpc) is 4.01. The minimum Gasteiger partial charge on any atom is -0.309 e. The highest BCUT2D eigenvalue weighted by Crippen LogP contribution is 2.44. The molecule has 0 spiro atoms. The molecule has 0 N–H and O–H groups in total. The van der Waals surface area contributed by atoms with E-state index in [-0.39, 0.29) is 0 Å². The second-order valence-corrected chi connectivity index (χ2v) is 15.0. The molecule has 13 aromatic rings. The summed E-state index contributed by atoms with van der Waals surface area (Å²) < 4.78 is 7.10. The number of hydrogen-bond donors (Lipinski definition) is 0. The van der Waals surface area contributed by atoms with Gasteiger partial charge in [-0.1, -0.05) is 115 Å². The largest absolute Gasteiger partial charge is 0.309 e. The topological polar surface area (TPSA) is 40.0 Å². The van der Waals surface area contributed by atoms with Crippen LogP contribution in [0, 0.1) is 0 Å². The molecule has 0 saturated heterocycles. The van der Waals surface area contributed by atoms with Gasteiger partial charge in [0.25, 0.3) is 0 Å². The lowest BCUT2D eigenvalue weighted by Crippen LogP contribution is -1.93. The second-order valence-electron chi connectivity index (χ2n) is 15.0. The van der Waals surface area contributed by atoms with Crippen LogP contribution in [0.1, 0.15) is 0 Å². The zero-order chi connectivity index (χ0) is 37.2. The monoisotopic (exact) mass is 725 g/mol. The summed E-state index contributed by atoms with van der Waals surface area (Å²) in [4.78, 5) is 10.4. The Hall–Kier alpha value is -7.76. The maximum atomic E-state index is 5.22. The van der Waals surface area contributed by atoms with Gasteiger partial charge in [0, 0.05) is 65.6 Å². The number of aromatic nitrogens is 5. The van der Waals surface area contributed by atoms with Crippen LogP contribution in [0.3, 0.4) is 0 Å². The highest BCUT2D eigenvalue weighted by atomic mass is 15.0. The molecule has 6 heterocycles. The third-order valence-corrected chi connectivity index (χ3v) is 12.1. The fourth-order valence-corrected chi connectivity index (χ4v) is 9.74. The molecule has 0 radical (unpaired) electrons. The van der Waals surface area contributed by atoms with Gasteiger partial charge in [-0.2, -0.15) is 0 Å². The SMILES string of the molecule is c1ccc(-n2c3ccccc3c3c(-c4cc5c6cccc7c8cc(-c9cccc%10c9c9ccccc9n%10-c9ccccc9)ncc8n(c5cn4)c67)cccc32)cc1. The van der Waals surface area contributed by atoms with Crippen LogP contribution in [0.15, 0.2) is 188 Å². The van der Waals surface area contributed by atoms with Crippen molar-refractivity contribution in [2.75, 3.05) is 0 Å². The Labute approximate surface area is 326 Å². The van der Waals surface area contributed by atoms with Crippen molar-refractivity contribution < 1.29 is 0 Å². The predicted octanol–water partition coefficient (Wildman–Crippen LogP) is 13.2. The van der Waals surface area contributed by atoms with Crippen molar-refractivity contribution in [1.82, 2.24) is 23.5 Å². The van der Waals surface area contributed by atoms with Crippen molar-refractivity contribution >= 4 is 81.7 Å². The van der Waals surface area contributed by atoms with Crippen LogP contribution in [-0.2, 0) is 0 Å². The fraction of sp³-hybridized carbons (Fsp3) is 0. The number of benzene rings is 7.